The van der Waals surface area contributed by atoms with Crippen LogP contribution in [0.25, 0.3) is 0 Å². The first-order valence-corrected chi connectivity index (χ1v) is 12.3. The average molecular weight is 442 g/mol. The fourth-order valence-corrected chi connectivity index (χ4v) is 8.54. The Labute approximate surface area is 190 Å². The summed E-state index contributed by atoms with van der Waals surface area (Å²) in [7, 11) is 0. The van der Waals surface area contributed by atoms with Crippen LogP contribution in [0.5, 0.6) is 0 Å². The summed E-state index contributed by atoms with van der Waals surface area (Å²) in [6.45, 7) is 8.20. The topological polar surface area (TPSA) is 88.9 Å². The van der Waals surface area contributed by atoms with Gasteiger partial charge in [0.05, 0.1) is 6.61 Å². The lowest BCUT2D eigenvalue weighted by Crippen LogP contribution is -2.53. The van der Waals surface area contributed by atoms with Crippen molar-refractivity contribution in [2.45, 2.75) is 96.4 Å². The molecule has 8 atom stereocenters. The van der Waals surface area contributed by atoms with E-state index in [2.05, 4.69) is 26.0 Å². The van der Waals surface area contributed by atoms with E-state index in [0.29, 0.717) is 17.8 Å². The van der Waals surface area contributed by atoms with E-state index in [1.807, 2.05) is 0 Å². The molecule has 0 unspecified atom stereocenters. The normalized spacial score (nSPS) is 48.5. The van der Waals surface area contributed by atoms with E-state index in [1.165, 1.54) is 12.5 Å². The summed E-state index contributed by atoms with van der Waals surface area (Å²) < 4.78 is 17.0. The minimum absolute atomic E-state index is 0.00710. The van der Waals surface area contributed by atoms with Gasteiger partial charge in [-0.15, -0.1) is 0 Å². The van der Waals surface area contributed by atoms with Crippen LogP contribution in [-0.2, 0) is 23.8 Å². The molecule has 6 nitrogen and oxygen atoms in total. The van der Waals surface area contributed by atoms with Crippen molar-refractivity contribution in [3.8, 4) is 6.07 Å². The van der Waals surface area contributed by atoms with Crippen LogP contribution in [0.2, 0.25) is 0 Å². The van der Waals surface area contributed by atoms with Crippen molar-refractivity contribution in [3.63, 3.8) is 0 Å². The van der Waals surface area contributed by atoms with Crippen LogP contribution in [0, 0.1) is 39.9 Å². The predicted octanol–water partition coefficient (Wildman–Crippen LogP) is 4.48. The lowest BCUT2D eigenvalue weighted by atomic mass is 9.47. The van der Waals surface area contributed by atoms with Crippen molar-refractivity contribution in [1.82, 2.24) is 0 Å². The molecule has 0 bridgehead atoms. The Kier molecular flexibility index (Phi) is 4.84. The maximum atomic E-state index is 12.7. The summed E-state index contributed by atoms with van der Waals surface area (Å²) in [5.74, 6) is 0.867. The first-order chi connectivity index (χ1) is 15.2. The number of epoxide rings is 1. The van der Waals surface area contributed by atoms with Gasteiger partial charge in [-0.3, -0.25) is 4.79 Å². The first kappa shape index (κ1) is 21.9. The van der Waals surface area contributed by atoms with Gasteiger partial charge in [-0.2, -0.15) is 5.26 Å². The van der Waals surface area contributed by atoms with E-state index in [1.54, 1.807) is 6.92 Å². The fourth-order valence-electron chi connectivity index (χ4n) is 8.54. The highest BCUT2D eigenvalue weighted by atomic mass is 16.7. The number of hydrogen-bond donors (Lipinski definition) is 0. The van der Waals surface area contributed by atoms with Gasteiger partial charge >= 0.3 is 11.9 Å². The molecule has 0 N–H and O–H groups in total. The second kappa shape index (κ2) is 7.06. The van der Waals surface area contributed by atoms with E-state index >= 15 is 0 Å². The Hall–Kier alpha value is -1.87. The molecule has 32 heavy (non-hydrogen) atoms. The monoisotopic (exact) mass is 441 g/mol. The molecule has 0 aromatic heterocycles. The lowest BCUT2D eigenvalue weighted by Gasteiger charge is -2.57. The highest BCUT2D eigenvalue weighted by molar-refractivity contribution is 5.89. The number of ether oxygens (including phenoxy) is 3. The van der Waals surface area contributed by atoms with Crippen LogP contribution in [0.15, 0.2) is 11.6 Å². The van der Waals surface area contributed by atoms with Crippen molar-refractivity contribution in [2.24, 2.45) is 28.6 Å². The predicted molar refractivity (Wildman–Crippen MR) is 116 cm³/mol. The molecule has 5 rings (SSSR count). The third-order valence-corrected chi connectivity index (χ3v) is 10.1. The summed E-state index contributed by atoms with van der Waals surface area (Å²) in [6.07, 6.45) is 10.1. The maximum absolute atomic E-state index is 12.7. The number of allylic oxidation sites excluding steroid dienone is 1. The van der Waals surface area contributed by atoms with Gasteiger partial charge in [0, 0.05) is 18.8 Å². The Bertz CT molecular complexity index is 922. The number of nitriles is 1. The van der Waals surface area contributed by atoms with Crippen LogP contribution >= 0.6 is 0 Å². The summed E-state index contributed by atoms with van der Waals surface area (Å²) in [4.78, 5) is 24.2. The largest absolute Gasteiger partial charge is 0.463 e. The van der Waals surface area contributed by atoms with Gasteiger partial charge in [0.15, 0.2) is 0 Å². The van der Waals surface area contributed by atoms with E-state index in [4.69, 9.17) is 14.2 Å². The third kappa shape index (κ3) is 2.61. The minimum atomic E-state index is -1.43. The van der Waals surface area contributed by atoms with Crippen LogP contribution in [0.3, 0.4) is 0 Å². The summed E-state index contributed by atoms with van der Waals surface area (Å²) in [6, 6.07) is 2.22. The minimum Gasteiger partial charge on any atom is -0.463 e. The van der Waals surface area contributed by atoms with Crippen molar-refractivity contribution < 1.29 is 23.8 Å². The van der Waals surface area contributed by atoms with Gasteiger partial charge in [0.25, 0.3) is 5.60 Å². The molecule has 0 aromatic carbocycles. The van der Waals surface area contributed by atoms with Gasteiger partial charge in [-0.05, 0) is 75.0 Å². The molecule has 0 amide bonds. The number of esters is 2. The van der Waals surface area contributed by atoms with E-state index in [0.717, 1.165) is 51.4 Å². The molecule has 1 saturated heterocycles. The first-order valence-electron chi connectivity index (χ1n) is 12.3. The lowest BCUT2D eigenvalue weighted by molar-refractivity contribution is -0.149. The highest BCUT2D eigenvalue weighted by Gasteiger charge is 2.86. The molecule has 1 spiro atoms. The third-order valence-electron chi connectivity index (χ3n) is 10.1. The second-order valence-corrected chi connectivity index (χ2v) is 11.2. The zero-order valence-corrected chi connectivity index (χ0v) is 19.7. The van der Waals surface area contributed by atoms with Gasteiger partial charge in [-0.25, -0.2) is 4.79 Å². The standard InChI is InChI=1S/C26H35NO5/c1-5-30-22(29)25(15-27)26(32-25)13-10-21-19-7-6-17-14-18(31-16(2)28)8-11-23(17,3)20(19)9-12-24(21,26)4/h6,18-21H,5,7-14H2,1-4H3/t18-,19+,20+,21-,23+,24+,25+,26-/m1/s1. The van der Waals surface area contributed by atoms with Gasteiger partial charge in [0.2, 0.25) is 0 Å². The van der Waals surface area contributed by atoms with Crippen LogP contribution < -0.4 is 0 Å². The number of nitrogens with zero attached hydrogens (tertiary/aromatic N) is 1. The number of carbonyl (C=O) groups excluding carboxylic acids is 2. The molecule has 0 radical (unpaired) electrons. The van der Waals surface area contributed by atoms with Crippen LogP contribution in [0.1, 0.15) is 79.1 Å². The number of carbonyl (C=O) groups is 2. The molecule has 0 aromatic rings. The molecule has 4 fully saturated rings. The molecule has 1 aliphatic heterocycles. The summed E-state index contributed by atoms with van der Waals surface area (Å²) in [5.41, 5.74) is -0.703. The van der Waals surface area contributed by atoms with Gasteiger partial charge in [0.1, 0.15) is 17.8 Å². The molecule has 1 heterocycles. The quantitative estimate of drug-likeness (QED) is 0.365. The number of rotatable bonds is 3. The zero-order valence-electron chi connectivity index (χ0n) is 19.7. The summed E-state index contributed by atoms with van der Waals surface area (Å²) >= 11 is 0. The van der Waals surface area contributed by atoms with Crippen LogP contribution in [-0.4, -0.2) is 35.9 Å². The zero-order chi connectivity index (χ0) is 22.9. The molecule has 4 aliphatic carbocycles. The van der Waals surface area contributed by atoms with E-state index < -0.39 is 17.2 Å². The Morgan fingerprint density at radius 1 is 1.19 bits per heavy atom. The van der Waals surface area contributed by atoms with Crippen molar-refractivity contribution in [1.29, 1.82) is 5.26 Å². The van der Waals surface area contributed by atoms with Crippen molar-refractivity contribution in [2.75, 3.05) is 6.61 Å². The summed E-state index contributed by atoms with van der Waals surface area (Å²) in [5, 5.41) is 9.98. The molecule has 3 saturated carbocycles. The fraction of sp³-hybridized carbons (Fsp3) is 0.808. The Morgan fingerprint density at radius 2 is 1.94 bits per heavy atom. The molecule has 6 heteroatoms. The van der Waals surface area contributed by atoms with Crippen molar-refractivity contribution in [3.05, 3.63) is 11.6 Å². The molecular formula is C26H35NO5. The smallest absolute Gasteiger partial charge is 0.356 e. The Morgan fingerprint density at radius 3 is 2.62 bits per heavy atom. The van der Waals surface area contributed by atoms with Gasteiger partial charge in [-0.1, -0.05) is 25.5 Å². The number of hydrogen-bond acceptors (Lipinski definition) is 6. The van der Waals surface area contributed by atoms with E-state index in [-0.39, 0.29) is 29.5 Å². The molecule has 5 aliphatic rings. The van der Waals surface area contributed by atoms with Crippen LogP contribution in [0.4, 0.5) is 0 Å². The van der Waals surface area contributed by atoms with E-state index in [9.17, 15) is 14.9 Å². The maximum Gasteiger partial charge on any atom is 0.356 e. The SMILES string of the molecule is CCOC(=O)[C@]1(C#N)O[C@@]12CC[C@@H]1[C@H]3CC=C4C[C@H](OC(C)=O)CC[C@]4(C)[C@H]3CC[C@@]12C. The Balaban J connectivity index is 1.41. The number of fused-ring (bicyclic) bond motifs is 6. The highest BCUT2D eigenvalue weighted by Crippen LogP contribution is 2.75. The van der Waals surface area contributed by atoms with Gasteiger partial charge < -0.3 is 14.2 Å². The average Bonchev–Trinajstić information content (AvgIpc) is 3.34. The molecule has 174 valence electrons. The second-order valence-electron chi connectivity index (χ2n) is 11.2. The molecular weight excluding hydrogens is 406 g/mol. The van der Waals surface area contributed by atoms with Crippen molar-refractivity contribution >= 4 is 11.9 Å².